The van der Waals surface area contributed by atoms with Gasteiger partial charge in [-0.3, -0.25) is 4.31 Å². The maximum atomic E-state index is 13.4. The number of sulfonamides is 1. The molecule has 0 unspecified atom stereocenters. The predicted octanol–water partition coefficient (Wildman–Crippen LogP) is 2.65. The molecule has 2 aliphatic heterocycles. The van der Waals surface area contributed by atoms with Crippen molar-refractivity contribution >= 4 is 21.5 Å². The van der Waals surface area contributed by atoms with E-state index >= 15 is 0 Å². The topological polar surface area (TPSA) is 106 Å². The highest BCUT2D eigenvalue weighted by Crippen LogP contribution is 2.51. The van der Waals surface area contributed by atoms with Gasteiger partial charge in [0.1, 0.15) is 22.3 Å². The minimum atomic E-state index is -3.97. The van der Waals surface area contributed by atoms with Gasteiger partial charge in [0.25, 0.3) is 10.0 Å². The Kier molecular flexibility index (Phi) is 4.05. The van der Waals surface area contributed by atoms with Crippen molar-refractivity contribution in [1.82, 2.24) is 0 Å². The number of allylic oxidation sites excluding steroid dienone is 2. The molecule has 142 valence electrons. The van der Waals surface area contributed by atoms with Crippen molar-refractivity contribution in [2.24, 2.45) is 5.73 Å². The summed E-state index contributed by atoms with van der Waals surface area (Å²) in [6, 6.07) is 16.0. The van der Waals surface area contributed by atoms with Crippen molar-refractivity contribution < 1.29 is 17.9 Å². The molecule has 1 atom stereocenters. The van der Waals surface area contributed by atoms with Crippen LogP contribution in [0.15, 0.2) is 64.9 Å². The molecule has 0 aromatic heterocycles. The summed E-state index contributed by atoms with van der Waals surface area (Å²) in [6.45, 7) is 0. The monoisotopic (exact) mass is 395 g/mol. The molecule has 0 spiro atoms. The lowest BCUT2D eigenvalue weighted by Crippen LogP contribution is -2.37. The zero-order valence-corrected chi connectivity index (χ0v) is 16.0. The Hall–Kier alpha value is -3.44. The number of nitrogens with zero attached hydrogens (tertiary/aromatic N) is 2. The molecule has 4 rings (SSSR count). The summed E-state index contributed by atoms with van der Waals surface area (Å²) in [5.41, 5.74) is 7.67. The molecule has 0 saturated heterocycles. The third-order valence-electron chi connectivity index (χ3n) is 4.95. The molecule has 0 radical (unpaired) electrons. The number of benzene rings is 2. The van der Waals surface area contributed by atoms with E-state index in [0.717, 1.165) is 0 Å². The van der Waals surface area contributed by atoms with Gasteiger partial charge in [-0.05, 0) is 18.2 Å². The first-order valence-electron chi connectivity index (χ1n) is 8.44. The normalized spacial score (nSPS) is 20.0. The Labute approximate surface area is 162 Å². The smallest absolute Gasteiger partial charge is 0.264 e. The zero-order chi connectivity index (χ0) is 20.1. The van der Waals surface area contributed by atoms with Crippen molar-refractivity contribution in [3.8, 4) is 11.8 Å². The zero-order valence-electron chi connectivity index (χ0n) is 15.2. The van der Waals surface area contributed by atoms with Crippen LogP contribution in [0.5, 0.6) is 5.75 Å². The standard InChI is InChI=1S/C20H17N3O4S/c1-23-15-9-5-3-7-12(15)18-19(28(23,24)25)17(14(11-21)20(22)27-18)13-8-4-6-10-16(13)26-2/h3-10,17H,22H2,1-2H3/t17-/m0/s1. The van der Waals surface area contributed by atoms with Crippen LogP contribution in [0.2, 0.25) is 0 Å². The lowest BCUT2D eigenvalue weighted by atomic mass is 9.87. The molecule has 2 aromatic carbocycles. The van der Waals surface area contributed by atoms with Crippen molar-refractivity contribution in [1.29, 1.82) is 5.26 Å². The van der Waals surface area contributed by atoms with Crippen LogP contribution >= 0.6 is 0 Å². The Morgan fingerprint density at radius 3 is 2.57 bits per heavy atom. The molecule has 2 N–H and O–H groups in total. The summed E-state index contributed by atoms with van der Waals surface area (Å²) in [4.78, 5) is -0.0241. The van der Waals surface area contributed by atoms with E-state index in [1.807, 2.05) is 6.07 Å². The summed E-state index contributed by atoms with van der Waals surface area (Å²) in [7, 11) is -1.01. The molecule has 2 aromatic rings. The second-order valence-corrected chi connectivity index (χ2v) is 8.29. The Morgan fingerprint density at radius 1 is 1.18 bits per heavy atom. The van der Waals surface area contributed by atoms with Crippen LogP contribution in [0.25, 0.3) is 5.76 Å². The number of ether oxygens (including phenoxy) is 2. The van der Waals surface area contributed by atoms with Gasteiger partial charge in [-0.1, -0.05) is 30.3 Å². The quantitative estimate of drug-likeness (QED) is 0.838. The number of nitrogens with two attached hydrogens (primary N) is 1. The number of hydrogen-bond donors (Lipinski definition) is 1. The average Bonchev–Trinajstić information content (AvgIpc) is 2.71. The fourth-order valence-corrected chi connectivity index (χ4v) is 5.25. The van der Waals surface area contributed by atoms with Crippen LogP contribution in [0.4, 0.5) is 5.69 Å². The molecule has 0 bridgehead atoms. The number of fused-ring (bicyclic) bond motifs is 2. The molecule has 8 heteroatoms. The first kappa shape index (κ1) is 17.9. The second kappa shape index (κ2) is 6.32. The molecular weight excluding hydrogens is 378 g/mol. The Bertz CT molecular complexity index is 1190. The molecular formula is C20H17N3O4S. The summed E-state index contributed by atoms with van der Waals surface area (Å²) in [5, 5.41) is 9.74. The third kappa shape index (κ3) is 2.37. The van der Waals surface area contributed by atoms with E-state index in [2.05, 4.69) is 0 Å². The van der Waals surface area contributed by atoms with Crippen LogP contribution in [0, 0.1) is 11.3 Å². The first-order valence-corrected chi connectivity index (χ1v) is 9.88. The van der Waals surface area contributed by atoms with E-state index in [1.165, 1.54) is 18.5 Å². The highest BCUT2D eigenvalue weighted by Gasteiger charge is 2.46. The van der Waals surface area contributed by atoms with Crippen molar-refractivity contribution in [3.05, 3.63) is 76.0 Å². The van der Waals surface area contributed by atoms with Gasteiger partial charge in [-0.15, -0.1) is 0 Å². The molecule has 2 aliphatic rings. The number of rotatable bonds is 2. The van der Waals surface area contributed by atoms with Crippen LogP contribution in [0.1, 0.15) is 17.0 Å². The van der Waals surface area contributed by atoms with Crippen molar-refractivity contribution in [2.75, 3.05) is 18.5 Å². The highest BCUT2D eigenvalue weighted by atomic mass is 32.2. The molecule has 2 heterocycles. The van der Waals surface area contributed by atoms with E-state index in [9.17, 15) is 13.7 Å². The van der Waals surface area contributed by atoms with E-state index in [-0.39, 0.29) is 22.1 Å². The van der Waals surface area contributed by atoms with Crippen molar-refractivity contribution in [3.63, 3.8) is 0 Å². The maximum Gasteiger partial charge on any atom is 0.264 e. The SMILES string of the molecule is COc1ccccc1[C@H]1C(C#N)=C(N)OC2=C1S(=O)(=O)N(C)c1ccccc12. The third-order valence-corrected chi connectivity index (χ3v) is 6.84. The predicted molar refractivity (Wildman–Crippen MR) is 104 cm³/mol. The molecule has 0 amide bonds. The largest absolute Gasteiger partial charge is 0.496 e. The van der Waals surface area contributed by atoms with E-state index < -0.39 is 15.9 Å². The Morgan fingerprint density at radius 2 is 1.86 bits per heavy atom. The summed E-state index contributed by atoms with van der Waals surface area (Å²) in [6.07, 6.45) is 0. The maximum absolute atomic E-state index is 13.4. The Balaban J connectivity index is 2.10. The average molecular weight is 395 g/mol. The van der Waals surface area contributed by atoms with Gasteiger partial charge >= 0.3 is 0 Å². The molecule has 0 fully saturated rings. The molecule has 0 aliphatic carbocycles. The minimum Gasteiger partial charge on any atom is -0.496 e. The van der Waals surface area contributed by atoms with E-state index in [4.69, 9.17) is 15.2 Å². The van der Waals surface area contributed by atoms with Gasteiger partial charge in [-0.2, -0.15) is 5.26 Å². The van der Waals surface area contributed by atoms with Crippen LogP contribution in [-0.2, 0) is 14.8 Å². The highest BCUT2D eigenvalue weighted by molar-refractivity contribution is 7.96. The lowest BCUT2D eigenvalue weighted by molar-refractivity contribution is 0.356. The van der Waals surface area contributed by atoms with Crippen LogP contribution in [0.3, 0.4) is 0 Å². The second-order valence-electron chi connectivity index (χ2n) is 6.35. The number of methoxy groups -OCH3 is 1. The molecule has 28 heavy (non-hydrogen) atoms. The van der Waals surface area contributed by atoms with E-state index in [0.29, 0.717) is 22.6 Å². The van der Waals surface area contributed by atoms with Crippen molar-refractivity contribution in [2.45, 2.75) is 5.92 Å². The fourth-order valence-electron chi connectivity index (χ4n) is 3.61. The fraction of sp³-hybridized carbons (Fsp3) is 0.150. The molecule has 0 saturated carbocycles. The van der Waals surface area contributed by atoms with E-state index in [1.54, 1.807) is 48.5 Å². The summed E-state index contributed by atoms with van der Waals surface area (Å²) < 4.78 is 39.2. The number of nitriles is 1. The summed E-state index contributed by atoms with van der Waals surface area (Å²) >= 11 is 0. The minimum absolute atomic E-state index is 0.0241. The first-order chi connectivity index (χ1) is 13.4. The van der Waals surface area contributed by atoms with Gasteiger partial charge in [-0.25, -0.2) is 8.42 Å². The summed E-state index contributed by atoms with van der Waals surface area (Å²) in [5.74, 6) is -0.461. The number of hydrogen-bond acceptors (Lipinski definition) is 6. The van der Waals surface area contributed by atoms with Gasteiger partial charge in [0.05, 0.1) is 18.7 Å². The number of para-hydroxylation sites is 2. The van der Waals surface area contributed by atoms with Gasteiger partial charge < -0.3 is 15.2 Å². The molecule has 7 nitrogen and oxygen atoms in total. The van der Waals surface area contributed by atoms with Crippen LogP contribution in [-0.4, -0.2) is 22.6 Å². The van der Waals surface area contributed by atoms with Gasteiger partial charge in [0.2, 0.25) is 5.88 Å². The lowest BCUT2D eigenvalue weighted by Gasteiger charge is -2.36. The van der Waals surface area contributed by atoms with Crippen LogP contribution < -0.4 is 14.8 Å². The van der Waals surface area contributed by atoms with Gasteiger partial charge in [0, 0.05) is 18.2 Å². The number of anilines is 1. The van der Waals surface area contributed by atoms with Gasteiger partial charge in [0.15, 0.2) is 5.76 Å².